The van der Waals surface area contributed by atoms with Gasteiger partial charge in [-0.15, -0.1) is 0 Å². The van der Waals surface area contributed by atoms with Crippen molar-refractivity contribution >= 4 is 6.08 Å². The second kappa shape index (κ2) is 4.74. The van der Waals surface area contributed by atoms with Crippen LogP contribution >= 0.6 is 0 Å². The van der Waals surface area contributed by atoms with Crippen LogP contribution in [0, 0.1) is 0 Å². The number of nitrogens with zero attached hydrogens (tertiary/aromatic N) is 3. The summed E-state index contributed by atoms with van der Waals surface area (Å²) in [6.45, 7) is 2.34. The molecular weight excluding hydrogens is 174 g/mol. The molecule has 0 aliphatic carbocycles. The maximum absolute atomic E-state index is 4.14. The molecule has 0 atom stereocenters. The molecule has 1 aliphatic heterocycles. The first kappa shape index (κ1) is 9.19. The predicted octanol–water partition coefficient (Wildman–Crippen LogP) is 1.93. The van der Waals surface area contributed by atoms with E-state index in [-0.39, 0.29) is 0 Å². The van der Waals surface area contributed by atoms with Gasteiger partial charge in [0.1, 0.15) is 0 Å². The van der Waals surface area contributed by atoms with Crippen molar-refractivity contribution in [2.45, 2.75) is 19.3 Å². The smallest absolute Gasteiger partial charge is 0.153 e. The summed E-state index contributed by atoms with van der Waals surface area (Å²) in [6.07, 6.45) is 11.6. The third-order valence-electron chi connectivity index (χ3n) is 2.41. The van der Waals surface area contributed by atoms with E-state index < -0.39 is 0 Å². The van der Waals surface area contributed by atoms with E-state index in [0.29, 0.717) is 0 Å². The van der Waals surface area contributed by atoms with Gasteiger partial charge in [0.2, 0.25) is 0 Å². The lowest BCUT2D eigenvalue weighted by atomic mass is 10.1. The Morgan fingerprint density at radius 1 is 1.07 bits per heavy atom. The van der Waals surface area contributed by atoms with E-state index in [1.807, 2.05) is 12.1 Å². The van der Waals surface area contributed by atoms with Gasteiger partial charge in [-0.3, -0.25) is 0 Å². The van der Waals surface area contributed by atoms with Crippen molar-refractivity contribution in [3.8, 4) is 0 Å². The molecule has 0 radical (unpaired) electrons. The van der Waals surface area contributed by atoms with E-state index in [2.05, 4.69) is 21.1 Å². The van der Waals surface area contributed by atoms with E-state index in [9.17, 15) is 0 Å². The van der Waals surface area contributed by atoms with E-state index in [1.165, 1.54) is 32.4 Å². The molecule has 3 heteroatoms. The summed E-state index contributed by atoms with van der Waals surface area (Å²) >= 11 is 0. The molecule has 0 amide bonds. The van der Waals surface area contributed by atoms with Crippen LogP contribution in [0.4, 0.5) is 0 Å². The summed E-state index contributed by atoms with van der Waals surface area (Å²) in [5.74, 6) is 0.790. The Kier molecular flexibility index (Phi) is 3.11. The SMILES string of the molecule is C(=C\N1CCCCC1)/c1ncccn1. The van der Waals surface area contributed by atoms with Gasteiger partial charge >= 0.3 is 0 Å². The highest BCUT2D eigenvalue weighted by atomic mass is 15.1. The van der Waals surface area contributed by atoms with Crippen molar-refractivity contribution in [2.75, 3.05) is 13.1 Å². The molecule has 2 rings (SSSR count). The summed E-state index contributed by atoms with van der Waals surface area (Å²) in [5.41, 5.74) is 0. The lowest BCUT2D eigenvalue weighted by Crippen LogP contribution is -2.24. The monoisotopic (exact) mass is 189 g/mol. The van der Waals surface area contributed by atoms with Crippen LogP contribution in [0.1, 0.15) is 25.1 Å². The van der Waals surface area contributed by atoms with Crippen molar-refractivity contribution in [2.24, 2.45) is 0 Å². The fourth-order valence-electron chi connectivity index (χ4n) is 1.64. The molecule has 0 N–H and O–H groups in total. The third kappa shape index (κ3) is 2.55. The molecule has 2 heterocycles. The van der Waals surface area contributed by atoms with Crippen molar-refractivity contribution in [1.29, 1.82) is 0 Å². The van der Waals surface area contributed by atoms with Crippen LogP contribution in [-0.2, 0) is 0 Å². The van der Waals surface area contributed by atoms with Crippen molar-refractivity contribution in [3.05, 3.63) is 30.5 Å². The molecule has 0 bridgehead atoms. The first-order chi connectivity index (χ1) is 6.95. The first-order valence-corrected chi connectivity index (χ1v) is 5.14. The van der Waals surface area contributed by atoms with E-state index in [1.54, 1.807) is 12.4 Å². The van der Waals surface area contributed by atoms with Crippen LogP contribution in [-0.4, -0.2) is 28.0 Å². The number of aromatic nitrogens is 2. The van der Waals surface area contributed by atoms with Crippen LogP contribution in [0.2, 0.25) is 0 Å². The first-order valence-electron chi connectivity index (χ1n) is 5.14. The van der Waals surface area contributed by atoms with Gasteiger partial charge in [0, 0.05) is 31.7 Å². The Bertz CT molecular complexity index is 289. The topological polar surface area (TPSA) is 29.0 Å². The highest BCUT2D eigenvalue weighted by molar-refractivity contribution is 5.38. The number of hydrogen-bond donors (Lipinski definition) is 0. The summed E-state index contributed by atoms with van der Waals surface area (Å²) in [7, 11) is 0. The summed E-state index contributed by atoms with van der Waals surface area (Å²) in [5, 5.41) is 0. The number of hydrogen-bond acceptors (Lipinski definition) is 3. The van der Waals surface area contributed by atoms with E-state index in [0.717, 1.165) is 5.82 Å². The van der Waals surface area contributed by atoms with Gasteiger partial charge in [-0.2, -0.15) is 0 Å². The molecule has 0 saturated carbocycles. The zero-order valence-corrected chi connectivity index (χ0v) is 8.26. The maximum Gasteiger partial charge on any atom is 0.153 e. The molecule has 0 aromatic carbocycles. The Morgan fingerprint density at radius 3 is 2.50 bits per heavy atom. The fraction of sp³-hybridized carbons (Fsp3) is 0.455. The zero-order valence-electron chi connectivity index (χ0n) is 8.26. The molecule has 1 fully saturated rings. The standard InChI is InChI=1S/C11H15N3/c1-2-8-14(9-3-1)10-5-11-12-6-4-7-13-11/h4-7,10H,1-3,8-9H2/b10-5+. The summed E-state index contributed by atoms with van der Waals surface area (Å²) < 4.78 is 0. The van der Waals surface area contributed by atoms with Gasteiger partial charge in [-0.1, -0.05) is 0 Å². The van der Waals surface area contributed by atoms with E-state index in [4.69, 9.17) is 0 Å². The average Bonchev–Trinajstić information content (AvgIpc) is 2.29. The second-order valence-corrected chi connectivity index (χ2v) is 3.52. The number of piperidine rings is 1. The quantitative estimate of drug-likeness (QED) is 0.712. The minimum absolute atomic E-state index is 0.790. The molecule has 1 aliphatic rings. The normalized spacial score (nSPS) is 17.6. The van der Waals surface area contributed by atoms with Gasteiger partial charge in [-0.05, 0) is 31.4 Å². The predicted molar refractivity (Wildman–Crippen MR) is 56.5 cm³/mol. The molecule has 3 nitrogen and oxygen atoms in total. The molecule has 0 spiro atoms. The van der Waals surface area contributed by atoms with Gasteiger partial charge < -0.3 is 4.90 Å². The third-order valence-corrected chi connectivity index (χ3v) is 2.41. The number of rotatable bonds is 2. The van der Waals surface area contributed by atoms with Crippen LogP contribution in [0.15, 0.2) is 24.7 Å². The fourth-order valence-corrected chi connectivity index (χ4v) is 1.64. The summed E-state index contributed by atoms with van der Waals surface area (Å²) in [4.78, 5) is 10.6. The average molecular weight is 189 g/mol. The molecule has 74 valence electrons. The van der Waals surface area contributed by atoms with Gasteiger partial charge in [0.05, 0.1) is 0 Å². The molecule has 1 saturated heterocycles. The molecule has 0 unspecified atom stereocenters. The van der Waals surface area contributed by atoms with E-state index >= 15 is 0 Å². The van der Waals surface area contributed by atoms with Crippen LogP contribution in [0.5, 0.6) is 0 Å². The molecule has 14 heavy (non-hydrogen) atoms. The molecular formula is C11H15N3. The van der Waals surface area contributed by atoms with Crippen molar-refractivity contribution in [1.82, 2.24) is 14.9 Å². The summed E-state index contributed by atoms with van der Waals surface area (Å²) in [6, 6.07) is 1.83. The van der Waals surface area contributed by atoms with Gasteiger partial charge in [0.25, 0.3) is 0 Å². The van der Waals surface area contributed by atoms with Crippen molar-refractivity contribution in [3.63, 3.8) is 0 Å². The molecule has 1 aromatic rings. The lowest BCUT2D eigenvalue weighted by Gasteiger charge is -2.24. The Balaban J connectivity index is 1.93. The number of likely N-dealkylation sites (tertiary alicyclic amines) is 1. The Labute approximate surface area is 84.5 Å². The van der Waals surface area contributed by atoms with Crippen LogP contribution in [0.3, 0.4) is 0 Å². The second-order valence-electron chi connectivity index (χ2n) is 3.52. The van der Waals surface area contributed by atoms with Crippen LogP contribution in [0.25, 0.3) is 6.08 Å². The lowest BCUT2D eigenvalue weighted by molar-refractivity contribution is 0.311. The highest BCUT2D eigenvalue weighted by Gasteiger charge is 2.04. The van der Waals surface area contributed by atoms with Gasteiger partial charge in [-0.25, -0.2) is 9.97 Å². The minimum Gasteiger partial charge on any atom is -0.377 e. The maximum atomic E-state index is 4.14. The van der Waals surface area contributed by atoms with Crippen LogP contribution < -0.4 is 0 Å². The minimum atomic E-state index is 0.790. The van der Waals surface area contributed by atoms with Gasteiger partial charge in [0.15, 0.2) is 5.82 Å². The molecule has 1 aromatic heterocycles. The largest absolute Gasteiger partial charge is 0.377 e. The van der Waals surface area contributed by atoms with Crippen molar-refractivity contribution < 1.29 is 0 Å². The zero-order chi connectivity index (χ0) is 9.64. The Morgan fingerprint density at radius 2 is 1.79 bits per heavy atom. The Hall–Kier alpha value is -1.38. The highest BCUT2D eigenvalue weighted by Crippen LogP contribution is 2.09.